The van der Waals surface area contributed by atoms with Crippen molar-refractivity contribution >= 4 is 17.0 Å². The molecule has 0 amide bonds. The van der Waals surface area contributed by atoms with Gasteiger partial charge in [0.1, 0.15) is 12.4 Å². The van der Waals surface area contributed by atoms with Crippen molar-refractivity contribution in [2.75, 3.05) is 25.1 Å². The van der Waals surface area contributed by atoms with E-state index in [1.807, 2.05) is 23.0 Å². The molecular formula is C19H25N3O2S. The molecule has 6 heteroatoms. The summed E-state index contributed by atoms with van der Waals surface area (Å²) >= 11 is 1.59. The average molecular weight is 359 g/mol. The van der Waals surface area contributed by atoms with E-state index in [9.17, 15) is 0 Å². The molecule has 2 N–H and O–H groups in total. The summed E-state index contributed by atoms with van der Waals surface area (Å²) in [6.45, 7) is 3.15. The van der Waals surface area contributed by atoms with Crippen LogP contribution >= 0.6 is 11.3 Å². The molecule has 1 saturated heterocycles. The van der Waals surface area contributed by atoms with Crippen LogP contribution in [0.15, 0.2) is 35.2 Å². The fraction of sp³-hybridized carbons (Fsp3) is 0.526. The van der Waals surface area contributed by atoms with Crippen molar-refractivity contribution in [2.24, 2.45) is 5.92 Å². The van der Waals surface area contributed by atoms with Crippen molar-refractivity contribution < 1.29 is 9.47 Å². The Bertz CT molecular complexity index is 658. The van der Waals surface area contributed by atoms with Crippen molar-refractivity contribution in [1.29, 1.82) is 0 Å². The summed E-state index contributed by atoms with van der Waals surface area (Å²) in [5.41, 5.74) is 3.94. The van der Waals surface area contributed by atoms with Crippen molar-refractivity contribution in [3.05, 3.63) is 40.8 Å². The molecule has 2 aromatic rings. The molecule has 0 bridgehead atoms. The van der Waals surface area contributed by atoms with Crippen molar-refractivity contribution in [2.45, 2.75) is 38.0 Å². The zero-order valence-electron chi connectivity index (χ0n) is 14.3. The molecule has 3 atom stereocenters. The molecule has 0 spiro atoms. The van der Waals surface area contributed by atoms with Gasteiger partial charge in [-0.05, 0) is 30.9 Å². The number of hydrogen-bond acceptors (Lipinski definition) is 6. The first-order valence-electron chi connectivity index (χ1n) is 9.06. The van der Waals surface area contributed by atoms with E-state index < -0.39 is 0 Å². The summed E-state index contributed by atoms with van der Waals surface area (Å²) in [4.78, 5) is 4.26. The lowest BCUT2D eigenvalue weighted by atomic mass is 9.94. The van der Waals surface area contributed by atoms with Crippen LogP contribution in [-0.2, 0) is 11.3 Å². The van der Waals surface area contributed by atoms with E-state index in [1.54, 1.807) is 11.3 Å². The van der Waals surface area contributed by atoms with Crippen molar-refractivity contribution in [3.8, 4) is 5.75 Å². The maximum atomic E-state index is 5.87. The lowest BCUT2D eigenvalue weighted by Gasteiger charge is -2.33. The van der Waals surface area contributed by atoms with Crippen LogP contribution in [-0.4, -0.2) is 36.8 Å². The molecule has 1 aliphatic carbocycles. The van der Waals surface area contributed by atoms with Gasteiger partial charge in [-0.3, -0.25) is 0 Å². The molecule has 2 fully saturated rings. The van der Waals surface area contributed by atoms with E-state index in [0.29, 0.717) is 24.6 Å². The van der Waals surface area contributed by atoms with Gasteiger partial charge in [0.2, 0.25) is 0 Å². The van der Waals surface area contributed by atoms with Crippen LogP contribution in [0.25, 0.3) is 0 Å². The van der Waals surface area contributed by atoms with Gasteiger partial charge in [-0.2, -0.15) is 0 Å². The molecule has 2 heterocycles. The summed E-state index contributed by atoms with van der Waals surface area (Å²) in [6.07, 6.45) is 3.76. The number of ether oxygens (including phenoxy) is 2. The van der Waals surface area contributed by atoms with Gasteiger partial charge in [0, 0.05) is 35.8 Å². The Morgan fingerprint density at radius 3 is 3.20 bits per heavy atom. The molecule has 1 aliphatic heterocycles. The predicted molar refractivity (Wildman–Crippen MR) is 100 cm³/mol. The zero-order valence-corrected chi connectivity index (χ0v) is 15.1. The van der Waals surface area contributed by atoms with Crippen LogP contribution in [0.2, 0.25) is 0 Å². The van der Waals surface area contributed by atoms with Gasteiger partial charge in [-0.1, -0.05) is 12.5 Å². The number of rotatable bonds is 6. The topological polar surface area (TPSA) is 55.4 Å². The van der Waals surface area contributed by atoms with Gasteiger partial charge in [0.25, 0.3) is 0 Å². The Morgan fingerprint density at radius 1 is 1.36 bits per heavy atom. The van der Waals surface area contributed by atoms with E-state index in [4.69, 9.17) is 9.47 Å². The van der Waals surface area contributed by atoms with Crippen LogP contribution in [0.1, 0.15) is 25.0 Å². The van der Waals surface area contributed by atoms with Gasteiger partial charge < -0.3 is 20.1 Å². The maximum Gasteiger partial charge on any atom is 0.131 e. The van der Waals surface area contributed by atoms with Crippen LogP contribution in [0.5, 0.6) is 5.75 Å². The Kier molecular flexibility index (Phi) is 5.49. The highest BCUT2D eigenvalue weighted by Gasteiger charge is 2.34. The third-order valence-corrected chi connectivity index (χ3v) is 5.73. The number of anilines is 1. The highest BCUT2D eigenvalue weighted by molar-refractivity contribution is 7.07. The summed E-state index contributed by atoms with van der Waals surface area (Å²) in [7, 11) is 0. The van der Waals surface area contributed by atoms with Gasteiger partial charge in [-0.25, -0.2) is 4.98 Å². The summed E-state index contributed by atoms with van der Waals surface area (Å²) in [5.74, 6) is 1.51. The van der Waals surface area contributed by atoms with Crippen molar-refractivity contribution in [1.82, 2.24) is 10.3 Å². The number of morpholine rings is 1. The summed E-state index contributed by atoms with van der Waals surface area (Å²) in [6, 6.07) is 9.22. The van der Waals surface area contributed by atoms with Crippen LogP contribution < -0.4 is 15.4 Å². The minimum absolute atomic E-state index is 0.470. The smallest absolute Gasteiger partial charge is 0.131 e. The largest absolute Gasteiger partial charge is 0.487 e. The molecule has 134 valence electrons. The van der Waals surface area contributed by atoms with Crippen LogP contribution in [0, 0.1) is 5.92 Å². The van der Waals surface area contributed by atoms with Crippen LogP contribution in [0.4, 0.5) is 5.69 Å². The molecule has 1 saturated carbocycles. The first kappa shape index (κ1) is 16.8. The van der Waals surface area contributed by atoms with E-state index in [-0.39, 0.29) is 0 Å². The third-order valence-electron chi connectivity index (χ3n) is 5.09. The summed E-state index contributed by atoms with van der Waals surface area (Å²) < 4.78 is 11.5. The monoisotopic (exact) mass is 359 g/mol. The fourth-order valence-electron chi connectivity index (χ4n) is 3.87. The fourth-order valence-corrected chi connectivity index (χ4v) is 4.41. The Balaban J connectivity index is 1.37. The van der Waals surface area contributed by atoms with E-state index in [0.717, 1.165) is 36.9 Å². The maximum absolute atomic E-state index is 5.87. The SMILES string of the molecule is c1cc(NC2CCCC2C2COCCN2)cc(OCc2cscn2)c1. The minimum atomic E-state index is 0.470. The van der Waals surface area contributed by atoms with E-state index >= 15 is 0 Å². The van der Waals surface area contributed by atoms with Gasteiger partial charge in [0.05, 0.1) is 24.4 Å². The van der Waals surface area contributed by atoms with E-state index in [2.05, 4.69) is 27.8 Å². The average Bonchev–Trinajstić information content (AvgIpc) is 3.33. The lowest BCUT2D eigenvalue weighted by molar-refractivity contribution is 0.0559. The van der Waals surface area contributed by atoms with Crippen LogP contribution in [0.3, 0.4) is 0 Å². The second-order valence-electron chi connectivity index (χ2n) is 6.78. The number of hydrogen-bond donors (Lipinski definition) is 2. The molecule has 1 aromatic carbocycles. The molecule has 1 aromatic heterocycles. The number of thiazole rings is 1. The normalized spacial score (nSPS) is 26.5. The minimum Gasteiger partial charge on any atom is -0.487 e. The Morgan fingerprint density at radius 2 is 2.36 bits per heavy atom. The van der Waals surface area contributed by atoms with Gasteiger partial charge >= 0.3 is 0 Å². The highest BCUT2D eigenvalue weighted by atomic mass is 32.1. The Labute approximate surface area is 152 Å². The van der Waals surface area contributed by atoms with Gasteiger partial charge in [-0.15, -0.1) is 11.3 Å². The quantitative estimate of drug-likeness (QED) is 0.829. The Hall–Kier alpha value is -1.63. The van der Waals surface area contributed by atoms with Gasteiger partial charge in [0.15, 0.2) is 0 Å². The number of benzene rings is 1. The summed E-state index contributed by atoms with van der Waals surface area (Å²) in [5, 5.41) is 9.38. The number of aromatic nitrogens is 1. The molecule has 2 aliphatic rings. The second-order valence-corrected chi connectivity index (χ2v) is 7.50. The standard InChI is InChI=1S/C19H25N3O2S/c1-3-14(9-16(4-1)24-10-15-12-25-13-21-15)22-18-6-2-5-17(18)19-11-23-8-7-20-19/h1,3-4,9,12-13,17-20,22H,2,5-8,10-11H2. The predicted octanol–water partition coefficient (Wildman–Crippen LogP) is 3.29. The molecule has 0 radical (unpaired) electrons. The zero-order chi connectivity index (χ0) is 16.9. The molecule has 5 nitrogen and oxygen atoms in total. The van der Waals surface area contributed by atoms with Crippen molar-refractivity contribution in [3.63, 3.8) is 0 Å². The second kappa shape index (κ2) is 8.17. The molecule has 3 unspecified atom stereocenters. The number of nitrogens with one attached hydrogen (secondary N) is 2. The lowest BCUT2D eigenvalue weighted by Crippen LogP contribution is -2.49. The number of nitrogens with zero attached hydrogens (tertiary/aromatic N) is 1. The molecule has 25 heavy (non-hydrogen) atoms. The highest BCUT2D eigenvalue weighted by Crippen LogP contribution is 2.32. The first-order chi connectivity index (χ1) is 12.4. The first-order valence-corrected chi connectivity index (χ1v) is 10.0. The molecular weight excluding hydrogens is 334 g/mol. The van der Waals surface area contributed by atoms with E-state index in [1.165, 1.54) is 19.3 Å². The third kappa shape index (κ3) is 4.32. The molecule has 4 rings (SSSR count).